The van der Waals surface area contributed by atoms with Crippen LogP contribution in [0.3, 0.4) is 0 Å². The zero-order valence-corrected chi connectivity index (χ0v) is 12.0. The number of carbonyl (C=O) groups is 1. The molecule has 0 aromatic carbocycles. The maximum absolute atomic E-state index is 11.6. The summed E-state index contributed by atoms with van der Waals surface area (Å²) in [6.07, 6.45) is 3.67. The molecule has 1 fully saturated rings. The number of hydrogen-bond donors (Lipinski definition) is 1. The van der Waals surface area contributed by atoms with Crippen molar-refractivity contribution in [2.75, 3.05) is 44.5 Å². The number of carbonyl (C=O) groups excluding carboxylic acids is 1. The lowest BCUT2D eigenvalue weighted by molar-refractivity contribution is 0.0602. The van der Waals surface area contributed by atoms with Gasteiger partial charge in [0.2, 0.25) is 0 Å². The first-order valence-corrected chi connectivity index (χ1v) is 6.74. The summed E-state index contributed by atoms with van der Waals surface area (Å²) in [6, 6.07) is 1.59. The number of nitrogens with zero attached hydrogens (tertiary/aromatic N) is 2. The number of piperidine rings is 1. The fourth-order valence-electron chi connectivity index (χ4n) is 2.55. The van der Waals surface area contributed by atoms with Gasteiger partial charge in [-0.15, -0.1) is 0 Å². The van der Waals surface area contributed by atoms with E-state index in [1.54, 1.807) is 19.4 Å². The van der Waals surface area contributed by atoms with Crippen molar-refractivity contribution in [3.63, 3.8) is 0 Å². The lowest BCUT2D eigenvalue weighted by atomic mass is 9.97. The van der Waals surface area contributed by atoms with E-state index in [0.29, 0.717) is 23.0 Å². The highest BCUT2D eigenvalue weighted by molar-refractivity contribution is 5.97. The average molecular weight is 279 g/mol. The number of pyridine rings is 1. The second kappa shape index (κ2) is 6.56. The monoisotopic (exact) mass is 279 g/mol. The van der Waals surface area contributed by atoms with Crippen molar-refractivity contribution < 1.29 is 14.3 Å². The van der Waals surface area contributed by atoms with Crippen LogP contribution in [0, 0.1) is 5.92 Å². The molecule has 2 N–H and O–H groups in total. The van der Waals surface area contributed by atoms with E-state index in [0.717, 1.165) is 32.5 Å². The summed E-state index contributed by atoms with van der Waals surface area (Å²) in [5.74, 6) is 0.824. The number of ether oxygens (including phenoxy) is 2. The standard InChI is InChI=1S/C14H21N3O3/c1-19-9-10-4-7-17(8-5-10)13-12(15)11(3-6-16-13)14(18)20-2/h3,6,10H,4-5,7-9,15H2,1-2H3. The Bertz CT molecular complexity index is 471. The van der Waals surface area contributed by atoms with Crippen LogP contribution in [0.2, 0.25) is 0 Å². The summed E-state index contributed by atoms with van der Waals surface area (Å²) >= 11 is 0. The predicted octanol–water partition coefficient (Wildman–Crippen LogP) is 1.31. The highest BCUT2D eigenvalue weighted by Gasteiger charge is 2.23. The molecule has 0 bridgehead atoms. The number of aromatic nitrogens is 1. The predicted molar refractivity (Wildman–Crippen MR) is 76.8 cm³/mol. The van der Waals surface area contributed by atoms with E-state index in [9.17, 15) is 4.79 Å². The zero-order valence-electron chi connectivity index (χ0n) is 12.0. The van der Waals surface area contributed by atoms with Crippen molar-refractivity contribution in [2.45, 2.75) is 12.8 Å². The van der Waals surface area contributed by atoms with Gasteiger partial charge in [-0.05, 0) is 24.8 Å². The number of nitrogens with two attached hydrogens (primary N) is 1. The molecule has 0 aliphatic carbocycles. The lowest BCUT2D eigenvalue weighted by Gasteiger charge is -2.33. The molecule has 0 atom stereocenters. The third-order valence-electron chi connectivity index (χ3n) is 3.69. The maximum Gasteiger partial charge on any atom is 0.340 e. The Morgan fingerprint density at radius 3 is 2.75 bits per heavy atom. The highest BCUT2D eigenvalue weighted by Crippen LogP contribution is 2.28. The van der Waals surface area contributed by atoms with E-state index in [1.807, 2.05) is 0 Å². The van der Waals surface area contributed by atoms with Crippen LogP contribution in [0.25, 0.3) is 0 Å². The highest BCUT2D eigenvalue weighted by atomic mass is 16.5. The molecule has 6 nitrogen and oxygen atoms in total. The van der Waals surface area contributed by atoms with Gasteiger partial charge in [0.25, 0.3) is 0 Å². The molecular formula is C14H21N3O3. The molecule has 0 amide bonds. The molecule has 2 heterocycles. The van der Waals surface area contributed by atoms with Crippen LogP contribution >= 0.6 is 0 Å². The van der Waals surface area contributed by atoms with E-state index in [-0.39, 0.29) is 0 Å². The van der Waals surface area contributed by atoms with Crippen LogP contribution < -0.4 is 10.6 Å². The van der Waals surface area contributed by atoms with Gasteiger partial charge in [0, 0.05) is 33.0 Å². The maximum atomic E-state index is 11.6. The first kappa shape index (κ1) is 14.6. The molecule has 2 rings (SSSR count). The van der Waals surface area contributed by atoms with Crippen LogP contribution in [0.1, 0.15) is 23.2 Å². The Kier molecular flexibility index (Phi) is 4.79. The average Bonchev–Trinajstić information content (AvgIpc) is 2.48. The first-order valence-electron chi connectivity index (χ1n) is 6.74. The van der Waals surface area contributed by atoms with E-state index in [2.05, 4.69) is 9.88 Å². The van der Waals surface area contributed by atoms with Gasteiger partial charge in [-0.2, -0.15) is 0 Å². The number of methoxy groups -OCH3 is 2. The minimum Gasteiger partial charge on any atom is -0.465 e. The summed E-state index contributed by atoms with van der Waals surface area (Å²) in [4.78, 5) is 18.1. The fourth-order valence-corrected chi connectivity index (χ4v) is 2.55. The molecule has 0 spiro atoms. The molecule has 1 aromatic heterocycles. The number of esters is 1. The second-order valence-electron chi connectivity index (χ2n) is 4.97. The van der Waals surface area contributed by atoms with Gasteiger partial charge in [-0.3, -0.25) is 0 Å². The van der Waals surface area contributed by atoms with Gasteiger partial charge in [-0.25, -0.2) is 9.78 Å². The van der Waals surface area contributed by atoms with Gasteiger partial charge >= 0.3 is 5.97 Å². The molecule has 0 radical (unpaired) electrons. The van der Waals surface area contributed by atoms with Crippen molar-refractivity contribution in [1.29, 1.82) is 0 Å². The third kappa shape index (κ3) is 3.01. The van der Waals surface area contributed by atoms with Gasteiger partial charge in [0.1, 0.15) is 0 Å². The normalized spacial score (nSPS) is 16.2. The Morgan fingerprint density at radius 1 is 1.45 bits per heavy atom. The fraction of sp³-hybridized carbons (Fsp3) is 0.571. The van der Waals surface area contributed by atoms with Crippen LogP contribution in [0.5, 0.6) is 0 Å². The molecule has 1 aliphatic rings. The third-order valence-corrected chi connectivity index (χ3v) is 3.69. The van der Waals surface area contributed by atoms with Crippen molar-refractivity contribution >= 4 is 17.5 Å². The van der Waals surface area contributed by atoms with E-state index >= 15 is 0 Å². The Labute approximate surface area is 118 Å². The molecular weight excluding hydrogens is 258 g/mol. The van der Waals surface area contributed by atoms with Gasteiger partial charge in [0.05, 0.1) is 18.4 Å². The molecule has 0 unspecified atom stereocenters. The van der Waals surface area contributed by atoms with E-state index < -0.39 is 5.97 Å². The molecule has 6 heteroatoms. The smallest absolute Gasteiger partial charge is 0.340 e. The molecule has 110 valence electrons. The second-order valence-corrected chi connectivity index (χ2v) is 4.97. The Balaban J connectivity index is 2.12. The van der Waals surface area contributed by atoms with Gasteiger partial charge in [0.15, 0.2) is 5.82 Å². The summed E-state index contributed by atoms with van der Waals surface area (Å²) in [5, 5.41) is 0. The zero-order chi connectivity index (χ0) is 14.5. The Morgan fingerprint density at radius 2 is 2.15 bits per heavy atom. The first-order chi connectivity index (χ1) is 9.67. The molecule has 1 saturated heterocycles. The number of rotatable bonds is 4. The minimum atomic E-state index is -0.430. The van der Waals surface area contributed by atoms with Crippen LogP contribution in [0.15, 0.2) is 12.3 Å². The molecule has 1 aliphatic heterocycles. The molecule has 20 heavy (non-hydrogen) atoms. The summed E-state index contributed by atoms with van der Waals surface area (Å²) in [5.41, 5.74) is 6.82. The van der Waals surface area contributed by atoms with Crippen molar-refractivity contribution in [3.8, 4) is 0 Å². The van der Waals surface area contributed by atoms with Gasteiger partial charge < -0.3 is 20.1 Å². The van der Waals surface area contributed by atoms with E-state index in [1.165, 1.54) is 7.11 Å². The van der Waals surface area contributed by atoms with Crippen molar-refractivity contribution in [2.24, 2.45) is 5.92 Å². The van der Waals surface area contributed by atoms with Crippen LogP contribution in [-0.2, 0) is 9.47 Å². The summed E-state index contributed by atoms with van der Waals surface area (Å²) in [6.45, 7) is 2.53. The number of hydrogen-bond acceptors (Lipinski definition) is 6. The molecule has 0 saturated carbocycles. The van der Waals surface area contributed by atoms with Crippen LogP contribution in [0.4, 0.5) is 11.5 Å². The summed E-state index contributed by atoms with van der Waals surface area (Å²) in [7, 11) is 3.07. The lowest BCUT2D eigenvalue weighted by Crippen LogP contribution is -2.36. The minimum absolute atomic E-state index is 0.372. The number of anilines is 2. The Hall–Kier alpha value is -1.82. The number of nitrogen functional groups attached to an aromatic ring is 1. The van der Waals surface area contributed by atoms with Crippen molar-refractivity contribution in [1.82, 2.24) is 4.98 Å². The van der Waals surface area contributed by atoms with Crippen LogP contribution in [-0.4, -0.2) is 44.9 Å². The van der Waals surface area contributed by atoms with Gasteiger partial charge in [-0.1, -0.05) is 0 Å². The quantitative estimate of drug-likeness (QED) is 0.837. The van der Waals surface area contributed by atoms with Crippen molar-refractivity contribution in [3.05, 3.63) is 17.8 Å². The summed E-state index contributed by atoms with van der Waals surface area (Å²) < 4.78 is 9.92. The molecule has 1 aromatic rings. The topological polar surface area (TPSA) is 77.7 Å². The SMILES string of the molecule is COCC1CCN(c2nccc(C(=O)OC)c2N)CC1. The van der Waals surface area contributed by atoms with E-state index in [4.69, 9.17) is 15.2 Å². The largest absolute Gasteiger partial charge is 0.465 e.